The first-order valence-corrected chi connectivity index (χ1v) is 4.57. The molecule has 2 aromatic rings. The highest BCUT2D eigenvalue weighted by Gasteiger charge is 2.06. The van der Waals surface area contributed by atoms with Crippen LogP contribution in [-0.2, 0) is 0 Å². The standard InChI is InChI=1S/C11H5ClN2O/c12-11-8(4-13)5-14-10-2-1-7(6-15)3-9(10)11/h1-3,5-6H. The maximum absolute atomic E-state index is 10.6. The lowest BCUT2D eigenvalue weighted by Gasteiger charge is -2.01. The van der Waals surface area contributed by atoms with Crippen LogP contribution in [0.1, 0.15) is 15.9 Å². The highest BCUT2D eigenvalue weighted by Crippen LogP contribution is 2.25. The molecule has 72 valence electrons. The molecular formula is C11H5ClN2O. The number of nitrogens with zero attached hydrogens (tertiary/aromatic N) is 2. The second-order valence-electron chi connectivity index (χ2n) is 2.99. The summed E-state index contributed by atoms with van der Waals surface area (Å²) in [5.74, 6) is 0. The van der Waals surface area contributed by atoms with Gasteiger partial charge in [-0.05, 0) is 18.2 Å². The SMILES string of the molecule is N#Cc1cnc2ccc(C=O)cc2c1Cl. The lowest BCUT2D eigenvalue weighted by atomic mass is 10.1. The van der Waals surface area contributed by atoms with Crippen molar-refractivity contribution in [3.63, 3.8) is 0 Å². The summed E-state index contributed by atoms with van der Waals surface area (Å²) in [6.45, 7) is 0. The number of hydrogen-bond donors (Lipinski definition) is 0. The average molecular weight is 217 g/mol. The molecule has 3 nitrogen and oxygen atoms in total. The molecule has 0 spiro atoms. The summed E-state index contributed by atoms with van der Waals surface area (Å²) in [5, 5.41) is 9.72. The summed E-state index contributed by atoms with van der Waals surface area (Å²) in [5.41, 5.74) is 1.50. The van der Waals surface area contributed by atoms with Crippen molar-refractivity contribution in [2.75, 3.05) is 0 Å². The van der Waals surface area contributed by atoms with E-state index in [1.807, 2.05) is 6.07 Å². The number of benzene rings is 1. The first kappa shape index (κ1) is 9.63. The van der Waals surface area contributed by atoms with Crippen LogP contribution in [0.5, 0.6) is 0 Å². The molecule has 0 fully saturated rings. The number of hydrogen-bond acceptors (Lipinski definition) is 3. The molecule has 0 saturated heterocycles. The van der Waals surface area contributed by atoms with Gasteiger partial charge in [0.1, 0.15) is 12.4 Å². The molecule has 0 amide bonds. The minimum absolute atomic E-state index is 0.312. The number of carbonyl (C=O) groups excluding carboxylic acids is 1. The molecule has 0 radical (unpaired) electrons. The molecule has 1 heterocycles. The highest BCUT2D eigenvalue weighted by molar-refractivity contribution is 6.36. The van der Waals surface area contributed by atoms with Gasteiger partial charge in [0.05, 0.1) is 16.1 Å². The number of nitriles is 1. The Morgan fingerprint density at radius 2 is 2.27 bits per heavy atom. The molecule has 15 heavy (non-hydrogen) atoms. The monoisotopic (exact) mass is 216 g/mol. The number of halogens is 1. The van der Waals surface area contributed by atoms with Crippen LogP contribution in [0, 0.1) is 11.3 Å². The van der Waals surface area contributed by atoms with Crippen molar-refractivity contribution in [3.8, 4) is 6.07 Å². The van der Waals surface area contributed by atoms with Gasteiger partial charge in [-0.25, -0.2) is 0 Å². The van der Waals surface area contributed by atoms with Crippen LogP contribution in [0.3, 0.4) is 0 Å². The minimum Gasteiger partial charge on any atom is -0.298 e. The van der Waals surface area contributed by atoms with Crippen LogP contribution < -0.4 is 0 Å². The largest absolute Gasteiger partial charge is 0.298 e. The maximum Gasteiger partial charge on any atom is 0.150 e. The van der Waals surface area contributed by atoms with E-state index in [4.69, 9.17) is 16.9 Å². The quantitative estimate of drug-likeness (QED) is 0.689. The Labute approximate surface area is 90.9 Å². The summed E-state index contributed by atoms with van der Waals surface area (Å²) in [4.78, 5) is 14.7. The molecule has 0 bridgehead atoms. The Kier molecular flexibility index (Phi) is 2.36. The summed E-state index contributed by atoms with van der Waals surface area (Å²) in [7, 11) is 0. The molecule has 0 saturated carbocycles. The van der Waals surface area contributed by atoms with Crippen molar-refractivity contribution in [1.29, 1.82) is 5.26 Å². The topological polar surface area (TPSA) is 53.8 Å². The Hall–Kier alpha value is -1.92. The van der Waals surface area contributed by atoms with E-state index in [1.165, 1.54) is 6.20 Å². The smallest absolute Gasteiger partial charge is 0.150 e. The van der Waals surface area contributed by atoms with Crippen molar-refractivity contribution in [3.05, 3.63) is 40.5 Å². The Morgan fingerprint density at radius 1 is 1.47 bits per heavy atom. The molecule has 2 rings (SSSR count). The molecule has 1 aromatic carbocycles. The van der Waals surface area contributed by atoms with Crippen molar-refractivity contribution in [2.24, 2.45) is 0 Å². The molecule has 0 N–H and O–H groups in total. The molecule has 0 aliphatic rings. The Morgan fingerprint density at radius 3 is 2.93 bits per heavy atom. The van der Waals surface area contributed by atoms with Crippen LogP contribution in [0.25, 0.3) is 10.9 Å². The van der Waals surface area contributed by atoms with E-state index >= 15 is 0 Å². The summed E-state index contributed by atoms with van der Waals surface area (Å²) in [6.07, 6.45) is 2.15. The van der Waals surface area contributed by atoms with E-state index < -0.39 is 0 Å². The van der Waals surface area contributed by atoms with E-state index in [0.29, 0.717) is 27.1 Å². The molecule has 0 atom stereocenters. The third-order valence-corrected chi connectivity index (χ3v) is 2.49. The molecule has 0 unspecified atom stereocenters. The van der Waals surface area contributed by atoms with E-state index in [0.717, 1.165) is 6.29 Å². The van der Waals surface area contributed by atoms with Crippen LogP contribution in [0.15, 0.2) is 24.4 Å². The van der Waals surface area contributed by atoms with Gasteiger partial charge < -0.3 is 0 Å². The first-order chi connectivity index (χ1) is 7.26. The number of fused-ring (bicyclic) bond motifs is 1. The predicted octanol–water partition coefficient (Wildman–Crippen LogP) is 2.57. The highest BCUT2D eigenvalue weighted by atomic mass is 35.5. The van der Waals surface area contributed by atoms with Gasteiger partial charge in [-0.1, -0.05) is 11.6 Å². The molecular weight excluding hydrogens is 212 g/mol. The zero-order valence-corrected chi connectivity index (χ0v) is 8.32. The first-order valence-electron chi connectivity index (χ1n) is 4.20. The van der Waals surface area contributed by atoms with Gasteiger partial charge in [0.2, 0.25) is 0 Å². The van der Waals surface area contributed by atoms with Crippen molar-refractivity contribution < 1.29 is 4.79 Å². The second-order valence-corrected chi connectivity index (χ2v) is 3.37. The summed E-state index contributed by atoms with van der Waals surface area (Å²) in [6, 6.07) is 6.92. The molecule has 4 heteroatoms. The lowest BCUT2D eigenvalue weighted by molar-refractivity contribution is 0.112. The third-order valence-electron chi connectivity index (χ3n) is 2.08. The molecule has 1 aromatic heterocycles. The van der Waals surface area contributed by atoms with Gasteiger partial charge >= 0.3 is 0 Å². The lowest BCUT2D eigenvalue weighted by Crippen LogP contribution is -1.87. The molecule has 0 aliphatic carbocycles. The number of aldehydes is 1. The van der Waals surface area contributed by atoms with E-state index in [1.54, 1.807) is 18.2 Å². The van der Waals surface area contributed by atoms with E-state index in [9.17, 15) is 4.79 Å². The Bertz CT molecular complexity index is 587. The van der Waals surface area contributed by atoms with Gasteiger partial charge in [0.25, 0.3) is 0 Å². The van der Waals surface area contributed by atoms with E-state index in [2.05, 4.69) is 4.98 Å². The summed E-state index contributed by atoms with van der Waals surface area (Å²) < 4.78 is 0. The zero-order valence-electron chi connectivity index (χ0n) is 7.57. The zero-order chi connectivity index (χ0) is 10.8. The maximum atomic E-state index is 10.6. The average Bonchev–Trinajstić information content (AvgIpc) is 2.29. The Balaban J connectivity index is 2.84. The third kappa shape index (κ3) is 1.56. The molecule has 0 aliphatic heterocycles. The summed E-state index contributed by atoms with van der Waals surface area (Å²) >= 11 is 5.99. The van der Waals surface area contributed by atoms with E-state index in [-0.39, 0.29) is 0 Å². The van der Waals surface area contributed by atoms with Gasteiger partial charge in [0, 0.05) is 17.1 Å². The second kappa shape index (κ2) is 3.68. The van der Waals surface area contributed by atoms with Crippen molar-refractivity contribution in [1.82, 2.24) is 4.98 Å². The van der Waals surface area contributed by atoms with Crippen LogP contribution in [0.2, 0.25) is 5.02 Å². The van der Waals surface area contributed by atoms with Crippen molar-refractivity contribution >= 4 is 28.8 Å². The van der Waals surface area contributed by atoms with Gasteiger partial charge in [-0.15, -0.1) is 0 Å². The van der Waals surface area contributed by atoms with Gasteiger partial charge in [-0.2, -0.15) is 5.26 Å². The fourth-order valence-corrected chi connectivity index (χ4v) is 1.57. The normalized spacial score (nSPS) is 9.87. The van der Waals surface area contributed by atoms with Crippen molar-refractivity contribution in [2.45, 2.75) is 0 Å². The van der Waals surface area contributed by atoms with Crippen LogP contribution >= 0.6 is 11.6 Å². The number of rotatable bonds is 1. The minimum atomic E-state index is 0.312. The number of aromatic nitrogens is 1. The number of carbonyl (C=O) groups is 1. The van der Waals surface area contributed by atoms with Crippen LogP contribution in [-0.4, -0.2) is 11.3 Å². The van der Waals surface area contributed by atoms with Gasteiger partial charge in [0.15, 0.2) is 0 Å². The predicted molar refractivity (Wildman–Crippen MR) is 56.9 cm³/mol. The fraction of sp³-hybridized carbons (Fsp3) is 0. The van der Waals surface area contributed by atoms with Crippen LogP contribution in [0.4, 0.5) is 0 Å². The number of pyridine rings is 1. The van der Waals surface area contributed by atoms with Gasteiger partial charge in [-0.3, -0.25) is 9.78 Å². The fourth-order valence-electron chi connectivity index (χ4n) is 1.33.